The highest BCUT2D eigenvalue weighted by atomic mass is 35.5. The maximum atomic E-state index is 5.85. The van der Waals surface area contributed by atoms with Crippen LogP contribution >= 0.6 is 23.2 Å². The average molecular weight is 243 g/mol. The van der Waals surface area contributed by atoms with E-state index in [4.69, 9.17) is 27.7 Å². The maximum absolute atomic E-state index is 5.85. The fourth-order valence-corrected chi connectivity index (χ4v) is 1.63. The molecule has 2 aromatic rings. The molecule has 0 unspecified atom stereocenters. The van der Waals surface area contributed by atoms with Gasteiger partial charge in [0.1, 0.15) is 5.88 Å². The number of nitrogens with zero attached hydrogens (tertiary/aromatic N) is 2. The monoisotopic (exact) mass is 242 g/mol. The molecule has 0 saturated carbocycles. The van der Waals surface area contributed by atoms with Crippen molar-refractivity contribution in [2.24, 2.45) is 0 Å². The molecular weight excluding hydrogens is 235 g/mol. The quantitative estimate of drug-likeness (QED) is 0.758. The van der Waals surface area contributed by atoms with E-state index in [2.05, 4.69) is 10.1 Å². The van der Waals surface area contributed by atoms with Crippen molar-refractivity contribution < 1.29 is 4.52 Å². The molecule has 2 rings (SSSR count). The van der Waals surface area contributed by atoms with Gasteiger partial charge in [-0.15, -0.1) is 11.6 Å². The van der Waals surface area contributed by atoms with Crippen LogP contribution < -0.4 is 0 Å². The van der Waals surface area contributed by atoms with Gasteiger partial charge in [-0.3, -0.25) is 0 Å². The van der Waals surface area contributed by atoms with E-state index in [1.807, 2.05) is 19.1 Å². The Morgan fingerprint density at radius 3 is 2.80 bits per heavy atom. The van der Waals surface area contributed by atoms with Crippen LogP contribution in [0.5, 0.6) is 0 Å². The Bertz CT molecular complexity index is 482. The molecule has 0 spiro atoms. The van der Waals surface area contributed by atoms with Crippen LogP contribution in [0.25, 0.3) is 11.4 Å². The van der Waals surface area contributed by atoms with Crippen molar-refractivity contribution in [1.82, 2.24) is 10.1 Å². The van der Waals surface area contributed by atoms with Gasteiger partial charge >= 0.3 is 0 Å². The molecule has 0 N–H and O–H groups in total. The van der Waals surface area contributed by atoms with Crippen molar-refractivity contribution >= 4 is 23.2 Å². The molecule has 1 aromatic heterocycles. The number of hydrogen-bond donors (Lipinski definition) is 0. The minimum atomic E-state index is 0.222. The third-order valence-electron chi connectivity index (χ3n) is 2.01. The minimum Gasteiger partial charge on any atom is -0.338 e. The summed E-state index contributed by atoms with van der Waals surface area (Å²) in [6, 6.07) is 5.51. The zero-order valence-electron chi connectivity index (χ0n) is 8.00. The van der Waals surface area contributed by atoms with Crippen LogP contribution in [0, 0.1) is 6.92 Å². The van der Waals surface area contributed by atoms with E-state index >= 15 is 0 Å². The number of halogens is 2. The molecule has 1 heterocycles. The molecule has 15 heavy (non-hydrogen) atoms. The highest BCUT2D eigenvalue weighted by molar-refractivity contribution is 6.30. The summed E-state index contributed by atoms with van der Waals surface area (Å²) in [4.78, 5) is 4.14. The van der Waals surface area contributed by atoms with Crippen LogP contribution in [-0.2, 0) is 5.88 Å². The number of hydrogen-bond acceptors (Lipinski definition) is 3. The van der Waals surface area contributed by atoms with Gasteiger partial charge in [-0.25, -0.2) is 0 Å². The molecule has 5 heteroatoms. The summed E-state index contributed by atoms with van der Waals surface area (Å²) >= 11 is 11.4. The van der Waals surface area contributed by atoms with Crippen LogP contribution in [0.1, 0.15) is 11.5 Å². The van der Waals surface area contributed by atoms with Crippen molar-refractivity contribution in [1.29, 1.82) is 0 Å². The Morgan fingerprint density at radius 1 is 1.40 bits per heavy atom. The highest BCUT2D eigenvalue weighted by Crippen LogP contribution is 2.23. The van der Waals surface area contributed by atoms with Crippen LogP contribution in [0.15, 0.2) is 22.7 Å². The van der Waals surface area contributed by atoms with Crippen LogP contribution in [-0.4, -0.2) is 10.1 Å². The topological polar surface area (TPSA) is 38.9 Å². The van der Waals surface area contributed by atoms with E-state index in [0.29, 0.717) is 16.7 Å². The van der Waals surface area contributed by atoms with Gasteiger partial charge in [0.25, 0.3) is 0 Å². The SMILES string of the molecule is Cc1cc(Cl)ccc1-c1noc(CCl)n1. The van der Waals surface area contributed by atoms with Gasteiger partial charge in [0.2, 0.25) is 11.7 Å². The summed E-state index contributed by atoms with van der Waals surface area (Å²) in [7, 11) is 0. The minimum absolute atomic E-state index is 0.222. The van der Waals surface area contributed by atoms with E-state index in [1.165, 1.54) is 0 Å². The number of rotatable bonds is 2. The largest absolute Gasteiger partial charge is 0.338 e. The molecule has 3 nitrogen and oxygen atoms in total. The van der Waals surface area contributed by atoms with E-state index in [1.54, 1.807) is 6.07 Å². The van der Waals surface area contributed by atoms with Crippen LogP contribution in [0.2, 0.25) is 5.02 Å². The van der Waals surface area contributed by atoms with Crippen molar-refractivity contribution in [3.63, 3.8) is 0 Å². The molecule has 78 valence electrons. The molecule has 0 amide bonds. The third kappa shape index (κ3) is 2.13. The Balaban J connectivity index is 2.44. The second-order valence-electron chi connectivity index (χ2n) is 3.10. The fourth-order valence-electron chi connectivity index (χ4n) is 1.30. The van der Waals surface area contributed by atoms with Gasteiger partial charge in [0.05, 0.1) is 0 Å². The molecular formula is C10H8Cl2N2O. The van der Waals surface area contributed by atoms with Crippen LogP contribution in [0.4, 0.5) is 0 Å². The zero-order valence-corrected chi connectivity index (χ0v) is 9.51. The first kappa shape index (κ1) is 10.5. The molecule has 1 aromatic carbocycles. The summed E-state index contributed by atoms with van der Waals surface area (Å²) in [6.45, 7) is 1.94. The Kier molecular flexibility index (Phi) is 2.93. The summed E-state index contributed by atoms with van der Waals surface area (Å²) < 4.78 is 4.93. The van der Waals surface area contributed by atoms with E-state index < -0.39 is 0 Å². The summed E-state index contributed by atoms with van der Waals surface area (Å²) in [6.07, 6.45) is 0. The molecule has 0 bridgehead atoms. The standard InChI is InChI=1S/C10H8Cl2N2O/c1-6-4-7(12)2-3-8(6)10-13-9(5-11)15-14-10/h2-4H,5H2,1H3. The van der Waals surface area contributed by atoms with E-state index in [9.17, 15) is 0 Å². The Labute approximate surface area is 97.0 Å². The number of aromatic nitrogens is 2. The van der Waals surface area contributed by atoms with Gasteiger partial charge < -0.3 is 4.52 Å². The lowest BCUT2D eigenvalue weighted by Crippen LogP contribution is -1.85. The maximum Gasteiger partial charge on any atom is 0.241 e. The molecule has 0 aliphatic heterocycles. The summed E-state index contributed by atoms with van der Waals surface area (Å²) in [5.41, 5.74) is 1.91. The smallest absolute Gasteiger partial charge is 0.241 e. The van der Waals surface area contributed by atoms with Crippen molar-refractivity contribution in [2.45, 2.75) is 12.8 Å². The normalized spacial score (nSPS) is 10.6. The second-order valence-corrected chi connectivity index (χ2v) is 3.81. The fraction of sp³-hybridized carbons (Fsp3) is 0.200. The van der Waals surface area contributed by atoms with Crippen molar-refractivity contribution in [2.75, 3.05) is 0 Å². The molecule has 0 saturated heterocycles. The van der Waals surface area contributed by atoms with Gasteiger partial charge in [-0.2, -0.15) is 4.98 Å². The van der Waals surface area contributed by atoms with E-state index in [0.717, 1.165) is 11.1 Å². The zero-order chi connectivity index (χ0) is 10.8. The Morgan fingerprint density at radius 2 is 2.20 bits per heavy atom. The molecule has 0 aliphatic rings. The molecule has 0 fully saturated rings. The lowest BCUT2D eigenvalue weighted by Gasteiger charge is -2.00. The van der Waals surface area contributed by atoms with Gasteiger partial charge in [-0.1, -0.05) is 16.8 Å². The number of aryl methyl sites for hydroxylation is 1. The predicted molar refractivity (Wildman–Crippen MR) is 59.0 cm³/mol. The Hall–Kier alpha value is -1.06. The molecule has 0 aliphatic carbocycles. The highest BCUT2D eigenvalue weighted by Gasteiger charge is 2.09. The average Bonchev–Trinajstić information content (AvgIpc) is 2.66. The number of benzene rings is 1. The van der Waals surface area contributed by atoms with Crippen LogP contribution in [0.3, 0.4) is 0 Å². The van der Waals surface area contributed by atoms with Gasteiger partial charge in [-0.05, 0) is 30.7 Å². The van der Waals surface area contributed by atoms with Gasteiger partial charge in [0.15, 0.2) is 0 Å². The number of alkyl halides is 1. The lowest BCUT2D eigenvalue weighted by molar-refractivity contribution is 0.391. The first-order valence-electron chi connectivity index (χ1n) is 4.36. The summed E-state index contributed by atoms with van der Waals surface area (Å²) in [5.74, 6) is 1.18. The first-order valence-corrected chi connectivity index (χ1v) is 5.27. The lowest BCUT2D eigenvalue weighted by atomic mass is 10.1. The molecule has 0 atom stereocenters. The summed E-state index contributed by atoms with van der Waals surface area (Å²) in [5, 5.41) is 4.53. The first-order chi connectivity index (χ1) is 7.20. The second kappa shape index (κ2) is 4.21. The predicted octanol–water partition coefficient (Wildman–Crippen LogP) is 3.44. The van der Waals surface area contributed by atoms with Crippen molar-refractivity contribution in [3.05, 3.63) is 34.7 Å². The third-order valence-corrected chi connectivity index (χ3v) is 2.48. The molecule has 0 radical (unpaired) electrons. The van der Waals surface area contributed by atoms with E-state index in [-0.39, 0.29) is 5.88 Å². The van der Waals surface area contributed by atoms with Gasteiger partial charge in [0, 0.05) is 10.6 Å². The van der Waals surface area contributed by atoms with Crippen molar-refractivity contribution in [3.8, 4) is 11.4 Å².